The molecule has 4 aromatic rings. The molecule has 0 atom stereocenters. The van der Waals surface area contributed by atoms with E-state index in [4.69, 9.17) is 4.74 Å². The molecule has 7 nitrogen and oxygen atoms in total. The molecule has 0 spiro atoms. The number of aromatic nitrogens is 6. The van der Waals surface area contributed by atoms with Crippen molar-refractivity contribution in [2.75, 3.05) is 7.11 Å². The highest BCUT2D eigenvalue weighted by molar-refractivity contribution is 7.98. The Balaban J connectivity index is 1.50. The standard InChI is InChI=1S/C20H20N6OS/c1-25-20(28-14-16-6-4-3-5-7-16)18(12-21-25)19-22-24-26(23-19)13-15-8-10-17(27-2)11-9-15/h3-12H,13-14H2,1-2H3. The first-order valence-corrected chi connectivity index (χ1v) is 9.81. The average Bonchev–Trinajstić information content (AvgIpc) is 3.34. The van der Waals surface area contributed by atoms with Gasteiger partial charge in [0.15, 0.2) is 0 Å². The number of thioether (sulfide) groups is 1. The Bertz CT molecular complexity index is 1040. The summed E-state index contributed by atoms with van der Waals surface area (Å²) in [7, 11) is 3.58. The number of hydrogen-bond acceptors (Lipinski definition) is 6. The summed E-state index contributed by atoms with van der Waals surface area (Å²) in [6.45, 7) is 0.545. The number of aryl methyl sites for hydroxylation is 1. The highest BCUT2D eigenvalue weighted by atomic mass is 32.2. The van der Waals surface area contributed by atoms with Crippen LogP contribution in [0, 0.1) is 0 Å². The minimum absolute atomic E-state index is 0.545. The third-order valence-electron chi connectivity index (χ3n) is 4.28. The van der Waals surface area contributed by atoms with Gasteiger partial charge >= 0.3 is 0 Å². The Morgan fingerprint density at radius 2 is 1.79 bits per heavy atom. The number of benzene rings is 2. The Kier molecular flexibility index (Phi) is 5.38. The van der Waals surface area contributed by atoms with E-state index in [2.05, 4.69) is 32.6 Å². The van der Waals surface area contributed by atoms with Gasteiger partial charge in [-0.3, -0.25) is 4.68 Å². The van der Waals surface area contributed by atoms with Crippen molar-refractivity contribution in [3.8, 4) is 17.1 Å². The van der Waals surface area contributed by atoms with Crippen LogP contribution >= 0.6 is 11.8 Å². The second-order valence-electron chi connectivity index (χ2n) is 6.25. The lowest BCUT2D eigenvalue weighted by atomic mass is 10.2. The van der Waals surface area contributed by atoms with Gasteiger partial charge in [0, 0.05) is 12.8 Å². The van der Waals surface area contributed by atoms with Crippen LogP contribution in [0.2, 0.25) is 0 Å². The van der Waals surface area contributed by atoms with Crippen molar-refractivity contribution in [1.82, 2.24) is 30.0 Å². The predicted octanol–water partition coefficient (Wildman–Crippen LogP) is 3.42. The topological polar surface area (TPSA) is 70.7 Å². The van der Waals surface area contributed by atoms with Gasteiger partial charge in [-0.25, -0.2) is 0 Å². The second-order valence-corrected chi connectivity index (χ2v) is 7.22. The number of methoxy groups -OCH3 is 1. The lowest BCUT2D eigenvalue weighted by molar-refractivity contribution is 0.414. The van der Waals surface area contributed by atoms with E-state index in [1.165, 1.54) is 5.56 Å². The van der Waals surface area contributed by atoms with Gasteiger partial charge in [0.2, 0.25) is 5.82 Å². The fourth-order valence-electron chi connectivity index (χ4n) is 2.79. The van der Waals surface area contributed by atoms with Crippen molar-refractivity contribution in [2.45, 2.75) is 17.3 Å². The third-order valence-corrected chi connectivity index (χ3v) is 5.51. The number of tetrazole rings is 1. The van der Waals surface area contributed by atoms with Crippen LogP contribution in [-0.4, -0.2) is 37.1 Å². The van der Waals surface area contributed by atoms with Crippen LogP contribution in [0.25, 0.3) is 11.4 Å². The molecule has 8 heteroatoms. The zero-order valence-electron chi connectivity index (χ0n) is 15.7. The van der Waals surface area contributed by atoms with Gasteiger partial charge in [-0.1, -0.05) is 42.5 Å². The maximum Gasteiger partial charge on any atom is 0.209 e. The molecular formula is C20H20N6OS. The highest BCUT2D eigenvalue weighted by Crippen LogP contribution is 2.31. The Labute approximate surface area is 167 Å². The van der Waals surface area contributed by atoms with Gasteiger partial charge in [-0.2, -0.15) is 9.90 Å². The van der Waals surface area contributed by atoms with Crippen LogP contribution in [0.1, 0.15) is 11.1 Å². The number of hydrogen-bond donors (Lipinski definition) is 0. The van der Waals surface area contributed by atoms with Crippen molar-refractivity contribution in [3.63, 3.8) is 0 Å². The van der Waals surface area contributed by atoms with Crippen molar-refractivity contribution in [2.24, 2.45) is 7.05 Å². The van der Waals surface area contributed by atoms with E-state index in [1.54, 1.807) is 29.9 Å². The monoisotopic (exact) mass is 392 g/mol. The number of nitrogens with zero attached hydrogens (tertiary/aromatic N) is 6. The highest BCUT2D eigenvalue weighted by Gasteiger charge is 2.16. The van der Waals surface area contributed by atoms with Crippen LogP contribution in [0.5, 0.6) is 5.75 Å². The Morgan fingerprint density at radius 1 is 1.00 bits per heavy atom. The fourth-order valence-corrected chi connectivity index (χ4v) is 3.82. The van der Waals surface area contributed by atoms with Gasteiger partial charge in [-0.15, -0.1) is 22.0 Å². The summed E-state index contributed by atoms with van der Waals surface area (Å²) in [5, 5.41) is 18.4. The minimum atomic E-state index is 0.545. The molecule has 0 saturated heterocycles. The molecule has 0 aliphatic carbocycles. The molecule has 0 unspecified atom stereocenters. The zero-order valence-corrected chi connectivity index (χ0v) is 16.5. The van der Waals surface area contributed by atoms with Crippen LogP contribution < -0.4 is 4.74 Å². The molecule has 2 heterocycles. The van der Waals surface area contributed by atoms with Crippen molar-refractivity contribution in [3.05, 3.63) is 71.9 Å². The summed E-state index contributed by atoms with van der Waals surface area (Å²) >= 11 is 1.72. The molecule has 28 heavy (non-hydrogen) atoms. The van der Waals surface area contributed by atoms with Gasteiger partial charge in [0.05, 0.1) is 25.4 Å². The van der Waals surface area contributed by atoms with E-state index in [1.807, 2.05) is 54.2 Å². The van der Waals surface area contributed by atoms with Gasteiger partial charge < -0.3 is 4.74 Å². The van der Waals surface area contributed by atoms with Crippen molar-refractivity contribution >= 4 is 11.8 Å². The zero-order chi connectivity index (χ0) is 19.3. The summed E-state index contributed by atoms with van der Waals surface area (Å²) in [4.78, 5) is 1.59. The van der Waals surface area contributed by atoms with E-state index in [-0.39, 0.29) is 0 Å². The molecule has 4 rings (SSSR count). The van der Waals surface area contributed by atoms with E-state index < -0.39 is 0 Å². The molecular weight excluding hydrogens is 372 g/mol. The molecule has 0 fully saturated rings. The summed E-state index contributed by atoms with van der Waals surface area (Å²) in [5.41, 5.74) is 3.23. The summed E-state index contributed by atoms with van der Waals surface area (Å²) < 4.78 is 7.04. The smallest absolute Gasteiger partial charge is 0.209 e. The molecule has 2 aromatic carbocycles. The first kappa shape index (κ1) is 18.2. The van der Waals surface area contributed by atoms with Crippen LogP contribution in [0.3, 0.4) is 0 Å². The maximum absolute atomic E-state index is 5.19. The quantitative estimate of drug-likeness (QED) is 0.449. The number of rotatable bonds is 7. The third kappa shape index (κ3) is 4.07. The van der Waals surface area contributed by atoms with Crippen molar-refractivity contribution in [1.29, 1.82) is 0 Å². The van der Waals surface area contributed by atoms with E-state index in [9.17, 15) is 0 Å². The molecule has 2 aromatic heterocycles. The van der Waals surface area contributed by atoms with Crippen LogP contribution in [0.4, 0.5) is 0 Å². The Hall–Kier alpha value is -3.13. The lowest BCUT2D eigenvalue weighted by Crippen LogP contribution is -2.04. The average molecular weight is 392 g/mol. The predicted molar refractivity (Wildman–Crippen MR) is 108 cm³/mol. The molecule has 0 amide bonds. The normalized spacial score (nSPS) is 10.9. The Morgan fingerprint density at radius 3 is 2.54 bits per heavy atom. The van der Waals surface area contributed by atoms with Crippen molar-refractivity contribution < 1.29 is 4.74 Å². The minimum Gasteiger partial charge on any atom is -0.497 e. The summed E-state index contributed by atoms with van der Waals surface area (Å²) in [6.07, 6.45) is 1.79. The molecule has 0 aliphatic heterocycles. The SMILES string of the molecule is COc1ccc(Cn2nnc(-c3cnn(C)c3SCc3ccccc3)n2)cc1. The molecule has 0 saturated carbocycles. The van der Waals surface area contributed by atoms with Gasteiger partial charge in [0.25, 0.3) is 0 Å². The molecule has 0 radical (unpaired) electrons. The largest absolute Gasteiger partial charge is 0.497 e. The molecule has 0 aliphatic rings. The first-order valence-electron chi connectivity index (χ1n) is 8.83. The van der Waals surface area contributed by atoms with E-state index >= 15 is 0 Å². The summed E-state index contributed by atoms with van der Waals surface area (Å²) in [6, 6.07) is 18.2. The molecule has 142 valence electrons. The van der Waals surface area contributed by atoms with E-state index in [0.717, 1.165) is 27.7 Å². The maximum atomic E-state index is 5.19. The first-order chi connectivity index (χ1) is 13.7. The van der Waals surface area contributed by atoms with Gasteiger partial charge in [-0.05, 0) is 28.5 Å². The van der Waals surface area contributed by atoms with Crippen LogP contribution in [0.15, 0.2) is 65.8 Å². The summed E-state index contributed by atoms with van der Waals surface area (Å²) in [5.74, 6) is 2.26. The van der Waals surface area contributed by atoms with Crippen LogP contribution in [-0.2, 0) is 19.3 Å². The van der Waals surface area contributed by atoms with Gasteiger partial charge in [0.1, 0.15) is 10.8 Å². The molecule has 0 bridgehead atoms. The number of ether oxygens (including phenoxy) is 1. The second kappa shape index (κ2) is 8.26. The lowest BCUT2D eigenvalue weighted by Gasteiger charge is -2.04. The fraction of sp³-hybridized carbons (Fsp3) is 0.200. The van der Waals surface area contributed by atoms with E-state index in [0.29, 0.717) is 12.4 Å². The molecule has 0 N–H and O–H groups in total.